The van der Waals surface area contributed by atoms with E-state index in [1.807, 2.05) is 36.4 Å². The summed E-state index contributed by atoms with van der Waals surface area (Å²) in [7, 11) is -0.190. The minimum Gasteiger partial charge on any atom is -0.497 e. The van der Waals surface area contributed by atoms with E-state index in [9.17, 15) is 13.2 Å². The molecule has 2 amide bonds. The first-order valence-corrected chi connectivity index (χ1v) is 12.1. The molecule has 33 heavy (non-hydrogen) atoms. The zero-order valence-corrected chi connectivity index (χ0v) is 19.3. The van der Waals surface area contributed by atoms with Gasteiger partial charge in [0.2, 0.25) is 0 Å². The van der Waals surface area contributed by atoms with Crippen LogP contribution in [0.2, 0.25) is 0 Å². The largest absolute Gasteiger partial charge is 0.497 e. The molecule has 0 bridgehead atoms. The summed E-state index contributed by atoms with van der Waals surface area (Å²) in [4.78, 5) is 13.0. The van der Waals surface area contributed by atoms with Gasteiger partial charge >= 0.3 is 6.03 Å². The number of rotatable bonds is 6. The van der Waals surface area contributed by atoms with Crippen LogP contribution in [0.1, 0.15) is 22.7 Å². The van der Waals surface area contributed by atoms with Crippen LogP contribution in [0, 0.1) is 0 Å². The van der Waals surface area contributed by atoms with Crippen LogP contribution in [-0.2, 0) is 9.84 Å². The summed E-state index contributed by atoms with van der Waals surface area (Å²) in [6.07, 6.45) is 1.16. The Hall–Kier alpha value is -3.78. The number of hydrogen-bond donors (Lipinski definition) is 2. The average Bonchev–Trinajstić information content (AvgIpc) is 2.83. The molecule has 1 unspecified atom stereocenters. The highest BCUT2D eigenvalue weighted by Crippen LogP contribution is 2.42. The average molecular weight is 465 g/mol. The number of carbonyl (C=O) groups is 1. The Balaban J connectivity index is 1.97. The lowest BCUT2D eigenvalue weighted by Gasteiger charge is -2.32. The topological polar surface area (TPSA) is 93.7 Å². The van der Waals surface area contributed by atoms with Crippen LogP contribution < -0.4 is 20.1 Å². The Bertz CT molecular complexity index is 1320. The van der Waals surface area contributed by atoms with Crippen LogP contribution in [0.5, 0.6) is 11.5 Å². The van der Waals surface area contributed by atoms with Crippen molar-refractivity contribution in [3.63, 3.8) is 0 Å². The fourth-order valence-corrected chi connectivity index (χ4v) is 4.52. The van der Waals surface area contributed by atoms with Gasteiger partial charge in [0, 0.05) is 17.4 Å². The molecule has 0 aliphatic carbocycles. The van der Waals surface area contributed by atoms with Gasteiger partial charge in [-0.05, 0) is 41.5 Å². The van der Waals surface area contributed by atoms with Crippen molar-refractivity contribution < 1.29 is 22.7 Å². The van der Waals surface area contributed by atoms with Crippen molar-refractivity contribution in [1.82, 2.24) is 10.6 Å². The van der Waals surface area contributed by atoms with E-state index in [-0.39, 0.29) is 10.9 Å². The van der Waals surface area contributed by atoms with Crippen molar-refractivity contribution in [3.05, 3.63) is 89.5 Å². The molecule has 0 spiro atoms. The number of hydrogen-bond acceptors (Lipinski definition) is 5. The van der Waals surface area contributed by atoms with Gasteiger partial charge in [0.25, 0.3) is 0 Å². The third-order valence-electron chi connectivity index (χ3n) is 5.48. The standard InChI is InChI=1S/C25H24N2O5S/c1-31-18-11-14-21(32-2)20(15-18)24-22(16-7-5-4-6-8-16)23(26-25(28)27-24)17-9-12-19(13-10-17)33(3,29)30/h4-15,24H,1-3H3,(H2,26,27,28). The SMILES string of the molecule is COc1ccc(OC)c(C2NC(=O)NC(c3ccc(S(C)(=O)=O)cc3)=C2c2ccccc2)c1. The number of methoxy groups -OCH3 is 2. The molecule has 0 radical (unpaired) electrons. The zero-order chi connectivity index (χ0) is 23.6. The van der Waals surface area contributed by atoms with E-state index in [1.54, 1.807) is 38.5 Å². The highest BCUT2D eigenvalue weighted by Gasteiger charge is 2.32. The maximum Gasteiger partial charge on any atom is 0.320 e. The van der Waals surface area contributed by atoms with E-state index < -0.39 is 15.9 Å². The monoisotopic (exact) mass is 464 g/mol. The molecule has 3 aromatic rings. The van der Waals surface area contributed by atoms with Crippen LogP contribution in [-0.4, -0.2) is 34.9 Å². The van der Waals surface area contributed by atoms with E-state index in [2.05, 4.69) is 10.6 Å². The molecule has 2 N–H and O–H groups in total. The second kappa shape index (κ2) is 8.99. The van der Waals surface area contributed by atoms with E-state index in [4.69, 9.17) is 9.47 Å². The van der Waals surface area contributed by atoms with Crippen molar-refractivity contribution in [3.8, 4) is 11.5 Å². The van der Waals surface area contributed by atoms with Crippen LogP contribution >= 0.6 is 0 Å². The first-order valence-electron chi connectivity index (χ1n) is 10.2. The van der Waals surface area contributed by atoms with Crippen molar-refractivity contribution in [2.45, 2.75) is 10.9 Å². The lowest BCUT2D eigenvalue weighted by Crippen LogP contribution is -2.43. The molecule has 0 saturated carbocycles. The Morgan fingerprint density at radius 3 is 2.15 bits per heavy atom. The zero-order valence-electron chi connectivity index (χ0n) is 18.5. The molecule has 0 fully saturated rings. The van der Waals surface area contributed by atoms with Gasteiger partial charge in [-0.25, -0.2) is 13.2 Å². The van der Waals surface area contributed by atoms with E-state index in [0.29, 0.717) is 22.8 Å². The van der Waals surface area contributed by atoms with Gasteiger partial charge < -0.3 is 20.1 Å². The summed E-state index contributed by atoms with van der Waals surface area (Å²) < 4.78 is 34.8. The fourth-order valence-electron chi connectivity index (χ4n) is 3.89. The molecule has 1 aliphatic rings. The molecule has 4 rings (SSSR count). The van der Waals surface area contributed by atoms with Crippen LogP contribution in [0.4, 0.5) is 4.79 Å². The van der Waals surface area contributed by atoms with Gasteiger partial charge in [-0.1, -0.05) is 42.5 Å². The molecule has 170 valence electrons. The summed E-state index contributed by atoms with van der Waals surface area (Å²) in [6.45, 7) is 0. The lowest BCUT2D eigenvalue weighted by molar-refractivity contribution is 0.242. The molecule has 7 nitrogen and oxygen atoms in total. The van der Waals surface area contributed by atoms with Crippen molar-refractivity contribution in [1.29, 1.82) is 0 Å². The highest BCUT2D eigenvalue weighted by molar-refractivity contribution is 7.90. The first-order chi connectivity index (χ1) is 15.8. The summed E-state index contributed by atoms with van der Waals surface area (Å²) in [5, 5.41) is 5.92. The Morgan fingerprint density at radius 2 is 1.55 bits per heavy atom. The van der Waals surface area contributed by atoms with Crippen LogP contribution in [0.3, 0.4) is 0 Å². The number of nitrogens with one attached hydrogen (secondary N) is 2. The molecule has 1 heterocycles. The molecular formula is C25H24N2O5S. The van der Waals surface area contributed by atoms with Gasteiger partial charge in [0.15, 0.2) is 9.84 Å². The number of ether oxygens (including phenoxy) is 2. The van der Waals surface area contributed by atoms with E-state index in [1.165, 1.54) is 12.1 Å². The Morgan fingerprint density at radius 1 is 0.848 bits per heavy atom. The number of amides is 2. The third kappa shape index (κ3) is 4.56. The summed E-state index contributed by atoms with van der Waals surface area (Å²) in [6, 6.07) is 20.6. The summed E-state index contributed by atoms with van der Waals surface area (Å²) in [5.41, 5.74) is 3.70. The number of urea groups is 1. The maximum absolute atomic E-state index is 12.8. The van der Waals surface area contributed by atoms with Crippen LogP contribution in [0.25, 0.3) is 11.3 Å². The molecule has 3 aromatic carbocycles. The summed E-state index contributed by atoms with van der Waals surface area (Å²) >= 11 is 0. The van der Waals surface area contributed by atoms with Gasteiger partial charge in [-0.3, -0.25) is 0 Å². The molecule has 0 saturated heterocycles. The maximum atomic E-state index is 12.8. The summed E-state index contributed by atoms with van der Waals surface area (Å²) in [5.74, 6) is 1.23. The molecule has 1 atom stereocenters. The van der Waals surface area contributed by atoms with Gasteiger partial charge in [-0.2, -0.15) is 0 Å². The predicted molar refractivity (Wildman–Crippen MR) is 127 cm³/mol. The minimum atomic E-state index is -3.34. The Kier molecular flexibility index (Phi) is 6.11. The molecular weight excluding hydrogens is 440 g/mol. The van der Waals surface area contributed by atoms with Crippen LogP contribution in [0.15, 0.2) is 77.7 Å². The quantitative estimate of drug-likeness (QED) is 0.575. The molecule has 1 aliphatic heterocycles. The van der Waals surface area contributed by atoms with Crippen molar-refractivity contribution in [2.75, 3.05) is 20.5 Å². The second-order valence-corrected chi connectivity index (χ2v) is 9.61. The third-order valence-corrected chi connectivity index (χ3v) is 6.60. The second-order valence-electron chi connectivity index (χ2n) is 7.59. The fraction of sp³-hybridized carbons (Fsp3) is 0.160. The smallest absolute Gasteiger partial charge is 0.320 e. The lowest BCUT2D eigenvalue weighted by atomic mass is 9.87. The van der Waals surface area contributed by atoms with Gasteiger partial charge in [-0.15, -0.1) is 0 Å². The Labute approximate surface area is 193 Å². The first kappa shape index (κ1) is 22.4. The number of carbonyl (C=O) groups excluding carboxylic acids is 1. The minimum absolute atomic E-state index is 0.208. The normalized spacial score (nSPS) is 16.1. The van der Waals surface area contributed by atoms with Gasteiger partial charge in [0.1, 0.15) is 11.5 Å². The highest BCUT2D eigenvalue weighted by atomic mass is 32.2. The van der Waals surface area contributed by atoms with E-state index in [0.717, 1.165) is 23.0 Å². The number of benzene rings is 3. The van der Waals surface area contributed by atoms with Gasteiger partial charge in [0.05, 0.1) is 30.9 Å². The number of sulfone groups is 1. The van der Waals surface area contributed by atoms with E-state index >= 15 is 0 Å². The van der Waals surface area contributed by atoms with Crippen molar-refractivity contribution >= 4 is 27.1 Å². The molecule has 8 heteroatoms. The van der Waals surface area contributed by atoms with Crippen molar-refractivity contribution in [2.24, 2.45) is 0 Å². The predicted octanol–water partition coefficient (Wildman–Crippen LogP) is 4.03. The molecule has 0 aromatic heterocycles.